The largest absolute Gasteiger partial charge is 0.384 e. The van der Waals surface area contributed by atoms with Crippen LogP contribution in [0.1, 0.15) is 13.8 Å². The standard InChI is InChI=1S/C14H24N2O/c1-4-16(13(2)12-17-3)11-10-15-14-8-6-5-7-9-14/h5-9,13,15H,4,10-12H2,1-3H3. The molecule has 0 saturated heterocycles. The van der Waals surface area contributed by atoms with Crippen LogP contribution < -0.4 is 5.32 Å². The fourth-order valence-electron chi connectivity index (χ4n) is 1.94. The second kappa shape index (κ2) is 8.09. The molecule has 0 fully saturated rings. The molecule has 0 aromatic heterocycles. The van der Waals surface area contributed by atoms with E-state index in [2.05, 4.69) is 36.2 Å². The van der Waals surface area contributed by atoms with Crippen LogP contribution in [0.4, 0.5) is 5.69 Å². The van der Waals surface area contributed by atoms with Crippen LogP contribution in [-0.2, 0) is 4.74 Å². The van der Waals surface area contributed by atoms with E-state index in [0.717, 1.165) is 26.2 Å². The van der Waals surface area contributed by atoms with Gasteiger partial charge < -0.3 is 10.1 Å². The number of rotatable bonds is 8. The normalized spacial score (nSPS) is 12.7. The molecule has 17 heavy (non-hydrogen) atoms. The Labute approximate surface area is 105 Å². The highest BCUT2D eigenvalue weighted by atomic mass is 16.5. The predicted octanol–water partition coefficient (Wildman–Crippen LogP) is 2.46. The maximum absolute atomic E-state index is 5.19. The molecule has 1 aromatic rings. The summed E-state index contributed by atoms with van der Waals surface area (Å²) in [6.45, 7) is 8.24. The Bertz CT molecular complexity index is 290. The van der Waals surface area contributed by atoms with E-state index in [1.807, 2.05) is 18.2 Å². The number of likely N-dealkylation sites (N-methyl/N-ethyl adjacent to an activating group) is 1. The zero-order valence-electron chi connectivity index (χ0n) is 11.1. The van der Waals surface area contributed by atoms with Crippen LogP contribution >= 0.6 is 0 Å². The van der Waals surface area contributed by atoms with E-state index in [-0.39, 0.29) is 0 Å². The highest BCUT2D eigenvalue weighted by Gasteiger charge is 2.10. The zero-order chi connectivity index (χ0) is 12.5. The number of methoxy groups -OCH3 is 1. The smallest absolute Gasteiger partial charge is 0.0615 e. The van der Waals surface area contributed by atoms with Crippen LogP contribution in [0.5, 0.6) is 0 Å². The fraction of sp³-hybridized carbons (Fsp3) is 0.571. The lowest BCUT2D eigenvalue weighted by molar-refractivity contribution is 0.105. The Morgan fingerprint density at radius 3 is 2.59 bits per heavy atom. The van der Waals surface area contributed by atoms with Crippen LogP contribution in [0.3, 0.4) is 0 Å². The molecule has 1 atom stereocenters. The highest BCUT2D eigenvalue weighted by molar-refractivity contribution is 5.42. The third kappa shape index (κ3) is 5.20. The molecule has 0 aliphatic carbocycles. The second-order valence-electron chi connectivity index (χ2n) is 4.23. The molecule has 3 nitrogen and oxygen atoms in total. The third-order valence-electron chi connectivity index (χ3n) is 2.94. The molecular weight excluding hydrogens is 212 g/mol. The number of hydrogen-bond donors (Lipinski definition) is 1. The molecule has 0 spiro atoms. The topological polar surface area (TPSA) is 24.5 Å². The van der Waals surface area contributed by atoms with Crippen molar-refractivity contribution in [2.75, 3.05) is 38.7 Å². The van der Waals surface area contributed by atoms with Gasteiger partial charge in [0, 0.05) is 31.9 Å². The molecule has 0 heterocycles. The van der Waals surface area contributed by atoms with Crippen molar-refractivity contribution >= 4 is 5.69 Å². The van der Waals surface area contributed by atoms with Crippen molar-refractivity contribution in [1.29, 1.82) is 0 Å². The number of nitrogens with one attached hydrogen (secondary N) is 1. The van der Waals surface area contributed by atoms with E-state index in [0.29, 0.717) is 6.04 Å². The Morgan fingerprint density at radius 2 is 2.00 bits per heavy atom. The van der Waals surface area contributed by atoms with Gasteiger partial charge in [-0.2, -0.15) is 0 Å². The first-order valence-electron chi connectivity index (χ1n) is 6.29. The molecule has 0 bridgehead atoms. The molecule has 0 aliphatic heterocycles. The fourth-order valence-corrected chi connectivity index (χ4v) is 1.94. The van der Waals surface area contributed by atoms with Crippen LogP contribution in [0.2, 0.25) is 0 Å². The van der Waals surface area contributed by atoms with Crippen LogP contribution in [0, 0.1) is 0 Å². The Kier molecular flexibility index (Phi) is 6.67. The summed E-state index contributed by atoms with van der Waals surface area (Å²) in [5.74, 6) is 0. The Hall–Kier alpha value is -1.06. The second-order valence-corrected chi connectivity index (χ2v) is 4.23. The van der Waals surface area contributed by atoms with Gasteiger partial charge in [-0.15, -0.1) is 0 Å². The molecule has 1 aromatic carbocycles. The third-order valence-corrected chi connectivity index (χ3v) is 2.94. The average Bonchev–Trinajstić information content (AvgIpc) is 2.36. The molecule has 3 heteroatoms. The number of hydrogen-bond acceptors (Lipinski definition) is 3. The van der Waals surface area contributed by atoms with Gasteiger partial charge >= 0.3 is 0 Å². The molecule has 0 saturated carbocycles. The van der Waals surface area contributed by atoms with Crippen molar-refractivity contribution in [1.82, 2.24) is 4.90 Å². The monoisotopic (exact) mass is 236 g/mol. The van der Waals surface area contributed by atoms with Gasteiger partial charge in [-0.25, -0.2) is 0 Å². The summed E-state index contributed by atoms with van der Waals surface area (Å²) >= 11 is 0. The average molecular weight is 236 g/mol. The molecule has 0 amide bonds. The van der Waals surface area contributed by atoms with Gasteiger partial charge in [0.05, 0.1) is 6.61 Å². The summed E-state index contributed by atoms with van der Waals surface area (Å²) in [7, 11) is 1.76. The number of anilines is 1. The van der Waals surface area contributed by atoms with E-state index in [1.54, 1.807) is 7.11 Å². The van der Waals surface area contributed by atoms with Gasteiger partial charge in [-0.1, -0.05) is 25.1 Å². The quantitative estimate of drug-likeness (QED) is 0.750. The van der Waals surface area contributed by atoms with Crippen molar-refractivity contribution in [3.8, 4) is 0 Å². The molecule has 0 aliphatic rings. The van der Waals surface area contributed by atoms with Crippen LogP contribution in [0.25, 0.3) is 0 Å². The lowest BCUT2D eigenvalue weighted by Gasteiger charge is -2.27. The van der Waals surface area contributed by atoms with Crippen molar-refractivity contribution < 1.29 is 4.74 Å². The maximum Gasteiger partial charge on any atom is 0.0615 e. The molecule has 1 unspecified atom stereocenters. The van der Waals surface area contributed by atoms with Crippen molar-refractivity contribution in [2.24, 2.45) is 0 Å². The summed E-state index contributed by atoms with van der Waals surface area (Å²) in [5.41, 5.74) is 1.18. The van der Waals surface area contributed by atoms with Gasteiger partial charge in [0.1, 0.15) is 0 Å². The van der Waals surface area contributed by atoms with Gasteiger partial charge in [0.25, 0.3) is 0 Å². The lowest BCUT2D eigenvalue weighted by Crippen LogP contribution is -2.39. The summed E-state index contributed by atoms with van der Waals surface area (Å²) in [4.78, 5) is 2.42. The van der Waals surface area contributed by atoms with Crippen molar-refractivity contribution in [3.05, 3.63) is 30.3 Å². The lowest BCUT2D eigenvalue weighted by atomic mass is 10.3. The van der Waals surface area contributed by atoms with Crippen molar-refractivity contribution in [3.63, 3.8) is 0 Å². The number of para-hydroxylation sites is 1. The summed E-state index contributed by atoms with van der Waals surface area (Å²) in [6.07, 6.45) is 0. The molecule has 1 N–H and O–H groups in total. The Balaban J connectivity index is 2.28. The van der Waals surface area contributed by atoms with Crippen molar-refractivity contribution in [2.45, 2.75) is 19.9 Å². The number of benzene rings is 1. The predicted molar refractivity (Wildman–Crippen MR) is 73.5 cm³/mol. The first kappa shape index (κ1) is 14.0. The summed E-state index contributed by atoms with van der Waals surface area (Å²) in [5, 5.41) is 3.42. The minimum absolute atomic E-state index is 0.475. The van der Waals surface area contributed by atoms with Gasteiger partial charge in [0.2, 0.25) is 0 Å². The van der Waals surface area contributed by atoms with E-state index in [9.17, 15) is 0 Å². The van der Waals surface area contributed by atoms with E-state index >= 15 is 0 Å². The van der Waals surface area contributed by atoms with E-state index in [4.69, 9.17) is 4.74 Å². The highest BCUT2D eigenvalue weighted by Crippen LogP contribution is 2.05. The van der Waals surface area contributed by atoms with Gasteiger partial charge in [0.15, 0.2) is 0 Å². The Morgan fingerprint density at radius 1 is 1.29 bits per heavy atom. The molecule has 1 rings (SSSR count). The molecule has 0 radical (unpaired) electrons. The number of ether oxygens (including phenoxy) is 1. The number of nitrogens with zero attached hydrogens (tertiary/aromatic N) is 1. The van der Waals surface area contributed by atoms with Crippen LogP contribution in [-0.4, -0.2) is 44.3 Å². The summed E-state index contributed by atoms with van der Waals surface area (Å²) in [6, 6.07) is 10.8. The molecule has 96 valence electrons. The molecular formula is C14H24N2O. The summed E-state index contributed by atoms with van der Waals surface area (Å²) < 4.78 is 5.19. The minimum atomic E-state index is 0.475. The van der Waals surface area contributed by atoms with Gasteiger partial charge in [-0.3, -0.25) is 4.90 Å². The zero-order valence-corrected chi connectivity index (χ0v) is 11.1. The maximum atomic E-state index is 5.19. The minimum Gasteiger partial charge on any atom is -0.384 e. The van der Waals surface area contributed by atoms with E-state index in [1.165, 1.54) is 5.69 Å². The van der Waals surface area contributed by atoms with E-state index < -0.39 is 0 Å². The first-order chi connectivity index (χ1) is 8.27. The van der Waals surface area contributed by atoms with Gasteiger partial charge in [-0.05, 0) is 25.6 Å². The van der Waals surface area contributed by atoms with Crippen LogP contribution in [0.15, 0.2) is 30.3 Å². The SMILES string of the molecule is CCN(CCNc1ccccc1)C(C)COC. The first-order valence-corrected chi connectivity index (χ1v) is 6.29.